The first kappa shape index (κ1) is 44.5. The summed E-state index contributed by atoms with van der Waals surface area (Å²) in [5.41, 5.74) is 5.01. The summed E-state index contributed by atoms with van der Waals surface area (Å²) in [6, 6.07) is 48.5. The zero-order valence-corrected chi connectivity index (χ0v) is 37.1. The van der Waals surface area contributed by atoms with E-state index in [-0.39, 0.29) is 63.2 Å². The van der Waals surface area contributed by atoms with E-state index in [1.54, 1.807) is 12.1 Å². The number of carbonyl (C=O) groups is 3. The highest BCUT2D eigenvalue weighted by Crippen LogP contribution is 2.34. The lowest BCUT2D eigenvalue weighted by molar-refractivity contribution is -0.113. The molecule has 2 N–H and O–H groups in total. The topological polar surface area (TPSA) is 177 Å². The molecule has 0 atom stereocenters. The Morgan fingerprint density at radius 1 is 0.540 bits per heavy atom. The van der Waals surface area contributed by atoms with E-state index in [9.17, 15) is 31.2 Å². The van der Waals surface area contributed by atoms with Crippen LogP contribution in [-0.4, -0.2) is 53.2 Å². The summed E-state index contributed by atoms with van der Waals surface area (Å²) < 4.78 is 63.1. The molecule has 0 saturated heterocycles. The summed E-state index contributed by atoms with van der Waals surface area (Å²) in [6.07, 6.45) is 1.30. The Kier molecular flexibility index (Phi) is 13.9. The molecule has 0 amide bonds. The summed E-state index contributed by atoms with van der Waals surface area (Å²) in [6.45, 7) is 0. The van der Waals surface area contributed by atoms with Gasteiger partial charge < -0.3 is 15.4 Å². The van der Waals surface area contributed by atoms with Crippen molar-refractivity contribution in [2.75, 3.05) is 17.7 Å². The van der Waals surface area contributed by atoms with Crippen molar-refractivity contribution in [3.63, 3.8) is 0 Å². The van der Waals surface area contributed by atoms with Gasteiger partial charge in [-0.05, 0) is 71.5 Å². The van der Waals surface area contributed by atoms with Crippen LogP contribution in [-0.2, 0) is 34.4 Å². The van der Waals surface area contributed by atoms with Gasteiger partial charge in [0.05, 0.1) is 24.0 Å². The van der Waals surface area contributed by atoms with Gasteiger partial charge in [-0.2, -0.15) is 16.8 Å². The molecule has 0 radical (unpaired) electrons. The molecule has 2 heterocycles. The molecule has 0 aliphatic carbocycles. The number of benzene rings is 6. The Morgan fingerprint density at radius 3 is 1.29 bits per heavy atom. The molecule has 15 heteroatoms. The molecule has 8 rings (SSSR count). The second-order valence-electron chi connectivity index (χ2n) is 14.6. The summed E-state index contributed by atoms with van der Waals surface area (Å²) in [5, 5.41) is 5.69. The summed E-state index contributed by atoms with van der Waals surface area (Å²) in [4.78, 5) is 37.4. The molecule has 6 aromatic rings. The van der Waals surface area contributed by atoms with Crippen LogP contribution in [0.5, 0.6) is 0 Å². The van der Waals surface area contributed by atoms with Crippen LogP contribution in [0.15, 0.2) is 181 Å². The van der Waals surface area contributed by atoms with Gasteiger partial charge in [-0.25, -0.2) is 4.79 Å². The minimum absolute atomic E-state index is 0.0213. The molecule has 0 spiro atoms. The number of ether oxygens (including phenoxy) is 1. The monoisotopic (exact) mass is 944 g/mol. The van der Waals surface area contributed by atoms with Gasteiger partial charge in [0, 0.05) is 29.2 Å². The first-order valence-corrected chi connectivity index (χ1v) is 23.5. The minimum Gasteiger partial charge on any atom is -0.465 e. The van der Waals surface area contributed by atoms with Crippen molar-refractivity contribution in [3.05, 3.63) is 190 Å². The second kappa shape index (κ2) is 19.7. The number of carbonyl (C=O) groups excluding carboxylic acids is 3. The predicted molar refractivity (Wildman–Crippen MR) is 246 cm³/mol. The molecular weight excluding hydrogens is 905 g/mol. The highest BCUT2D eigenvalue weighted by molar-refractivity contribution is 9.10. The fraction of sp³-hybridized carbons (Fsp3) is 0.146. The molecule has 320 valence electrons. The molecule has 0 unspecified atom stereocenters. The number of fused-ring (bicyclic) bond motifs is 2. The molecule has 6 aromatic carbocycles. The minimum atomic E-state index is -4.15. The smallest absolute Gasteiger partial charge is 0.337 e. The van der Waals surface area contributed by atoms with Gasteiger partial charge in [-0.1, -0.05) is 137 Å². The summed E-state index contributed by atoms with van der Waals surface area (Å²) >= 11 is 3.26. The molecule has 63 heavy (non-hydrogen) atoms. The molecule has 2 aliphatic rings. The number of anilines is 2. The average Bonchev–Trinajstić information content (AvgIpc) is 3.30. The third kappa shape index (κ3) is 10.7. The maximum absolute atomic E-state index is 13.0. The van der Waals surface area contributed by atoms with Gasteiger partial charge >= 0.3 is 5.97 Å². The highest BCUT2D eigenvalue weighted by Gasteiger charge is 2.31. The fourth-order valence-electron chi connectivity index (χ4n) is 7.36. The molecule has 2 aliphatic heterocycles. The number of sulfonamides is 2. The summed E-state index contributed by atoms with van der Waals surface area (Å²) in [7, 11) is -6.86. The van der Waals surface area contributed by atoms with Crippen molar-refractivity contribution >= 4 is 76.6 Å². The van der Waals surface area contributed by atoms with Crippen molar-refractivity contribution in [3.8, 4) is 0 Å². The van der Waals surface area contributed by atoms with E-state index in [4.69, 9.17) is 0 Å². The van der Waals surface area contributed by atoms with Gasteiger partial charge in [0.1, 0.15) is 9.79 Å². The lowest BCUT2D eigenvalue weighted by Crippen LogP contribution is -2.29. The Hall–Kier alpha value is -6.55. The van der Waals surface area contributed by atoms with Gasteiger partial charge in [-0.15, -0.1) is 8.80 Å². The molecular formula is C48H41BrN4O8S2. The quantitative estimate of drug-likeness (QED) is 0.106. The SMILES string of the molecule is COC(=O)c1ccc2c(c1)S(=O)(=O)N=C(C(=O)CCC(c1ccccc1)c1ccccc1)N2.O=C(CCC(c1ccccc1)c1ccccc1)C1=NS(=O)(=O)c2cc(Br)ccc2N1. The standard InChI is InChI=1S/C25H22N2O5S.C23H19BrN2O3S/c1-32-25(29)19-12-14-21-23(16-19)33(30,31)27-24(26-21)22(28)15-13-20(17-8-4-2-5-9-17)18-10-6-3-7-11-18;24-18-11-13-20-22(15-18)30(28,29)26-23(25-20)21(27)14-12-19(16-7-3-1-4-8-16)17-9-5-2-6-10-17/h2-12,14,16,20H,13,15H2,1H3,(H,26,27);1-11,13,15,19H,12,14H2,(H,25,26). The molecule has 12 nitrogen and oxygen atoms in total. The van der Waals surface area contributed by atoms with Crippen LogP contribution < -0.4 is 10.6 Å². The third-order valence-corrected chi connectivity index (χ3v) is 13.6. The number of nitrogens with one attached hydrogen (secondary N) is 2. The number of ketones is 2. The Morgan fingerprint density at radius 2 is 0.905 bits per heavy atom. The fourth-order valence-corrected chi connectivity index (χ4v) is 10.2. The highest BCUT2D eigenvalue weighted by atomic mass is 79.9. The number of methoxy groups -OCH3 is 1. The number of amidine groups is 2. The van der Waals surface area contributed by atoms with E-state index in [0.29, 0.717) is 23.0 Å². The molecule has 0 saturated carbocycles. The van der Waals surface area contributed by atoms with Crippen molar-refractivity contribution in [2.24, 2.45) is 8.80 Å². The van der Waals surface area contributed by atoms with E-state index in [1.165, 1.54) is 31.4 Å². The zero-order chi connectivity index (χ0) is 44.6. The third-order valence-electron chi connectivity index (χ3n) is 10.5. The van der Waals surface area contributed by atoms with Crippen molar-refractivity contribution in [1.29, 1.82) is 0 Å². The van der Waals surface area contributed by atoms with Crippen LogP contribution in [0, 0.1) is 0 Å². The average molecular weight is 946 g/mol. The first-order valence-electron chi connectivity index (χ1n) is 19.8. The molecule has 0 fully saturated rings. The number of esters is 1. The van der Waals surface area contributed by atoms with Crippen LogP contribution in [0.4, 0.5) is 11.4 Å². The summed E-state index contributed by atoms with van der Waals surface area (Å²) in [5.74, 6) is -1.75. The van der Waals surface area contributed by atoms with Crippen LogP contribution >= 0.6 is 15.9 Å². The lowest BCUT2D eigenvalue weighted by atomic mass is 9.87. The normalized spacial score (nSPS) is 14.3. The number of hydrogen-bond donors (Lipinski definition) is 2. The maximum atomic E-state index is 13.0. The number of hydrogen-bond acceptors (Lipinski definition) is 10. The maximum Gasteiger partial charge on any atom is 0.337 e. The predicted octanol–water partition coefficient (Wildman–Crippen LogP) is 9.31. The van der Waals surface area contributed by atoms with E-state index in [0.717, 1.165) is 22.3 Å². The van der Waals surface area contributed by atoms with E-state index < -0.39 is 31.8 Å². The number of halogens is 1. The molecule has 0 bridgehead atoms. The molecule has 0 aromatic heterocycles. The Bertz CT molecular complexity index is 2850. The van der Waals surface area contributed by atoms with Crippen molar-refractivity contribution in [1.82, 2.24) is 0 Å². The van der Waals surface area contributed by atoms with Crippen LogP contribution in [0.2, 0.25) is 0 Å². The van der Waals surface area contributed by atoms with Crippen LogP contribution in [0.3, 0.4) is 0 Å². The number of nitrogens with zero attached hydrogens (tertiary/aromatic N) is 2. The Labute approximate surface area is 374 Å². The van der Waals surface area contributed by atoms with Crippen LogP contribution in [0.25, 0.3) is 0 Å². The van der Waals surface area contributed by atoms with Gasteiger partial charge in [0.15, 0.2) is 23.2 Å². The van der Waals surface area contributed by atoms with E-state index >= 15 is 0 Å². The lowest BCUT2D eigenvalue weighted by Gasteiger charge is -2.20. The van der Waals surface area contributed by atoms with Crippen LogP contribution in [0.1, 0.15) is 70.1 Å². The zero-order valence-electron chi connectivity index (χ0n) is 33.8. The number of rotatable bonds is 13. The Balaban J connectivity index is 0.000000190. The van der Waals surface area contributed by atoms with Crippen molar-refractivity contribution < 1.29 is 36.0 Å². The van der Waals surface area contributed by atoms with Gasteiger partial charge in [0.2, 0.25) is 0 Å². The first-order chi connectivity index (χ1) is 30.3. The van der Waals surface area contributed by atoms with Gasteiger partial charge in [-0.3, -0.25) is 9.59 Å². The van der Waals surface area contributed by atoms with Gasteiger partial charge in [0.25, 0.3) is 20.0 Å². The number of Topliss-reactive ketones (excluding diaryl/α,β-unsaturated/α-hetero) is 2. The van der Waals surface area contributed by atoms with E-state index in [1.807, 2.05) is 121 Å². The van der Waals surface area contributed by atoms with E-state index in [2.05, 4.69) is 40.1 Å². The van der Waals surface area contributed by atoms with Crippen molar-refractivity contribution in [2.45, 2.75) is 47.3 Å². The second-order valence-corrected chi connectivity index (χ2v) is 18.7. The largest absolute Gasteiger partial charge is 0.465 e.